The summed E-state index contributed by atoms with van der Waals surface area (Å²) in [5, 5.41) is 0. The number of esters is 1. The Morgan fingerprint density at radius 2 is 2.06 bits per heavy atom. The lowest BCUT2D eigenvalue weighted by Gasteiger charge is -2.05. The molecule has 0 radical (unpaired) electrons. The number of carbonyl (C=O) groups is 1. The highest BCUT2D eigenvalue weighted by atomic mass is 28.2. The van der Waals surface area contributed by atoms with Crippen LogP contribution in [0, 0.1) is 0 Å². The highest BCUT2D eigenvalue weighted by Crippen LogP contribution is 1.96. The van der Waals surface area contributed by atoms with Gasteiger partial charge >= 0.3 is 5.97 Å². The van der Waals surface area contributed by atoms with Crippen LogP contribution in [-0.2, 0) is 18.7 Å². The first-order chi connectivity index (χ1) is 7.68. The summed E-state index contributed by atoms with van der Waals surface area (Å²) in [5.74, 6) is -0.307. The van der Waals surface area contributed by atoms with Crippen molar-refractivity contribution in [3.05, 3.63) is 12.2 Å². The van der Waals surface area contributed by atoms with Gasteiger partial charge in [-0.05, 0) is 26.3 Å². The molecule has 0 N–H and O–H groups in total. The first-order valence-corrected chi connectivity index (χ1v) is 7.24. The normalized spacial score (nSPS) is 10.9. The monoisotopic (exact) mass is 246 g/mol. The van der Waals surface area contributed by atoms with E-state index >= 15 is 0 Å². The van der Waals surface area contributed by atoms with Crippen LogP contribution < -0.4 is 0 Å². The second kappa shape index (κ2) is 10.9. The van der Waals surface area contributed by atoms with Gasteiger partial charge in [0.05, 0.1) is 19.8 Å². The first kappa shape index (κ1) is 15.3. The lowest BCUT2D eigenvalue weighted by Crippen LogP contribution is -2.09. The molecule has 0 aliphatic carbocycles. The summed E-state index contributed by atoms with van der Waals surface area (Å²) in [4.78, 5) is 11.0. The lowest BCUT2D eigenvalue weighted by atomic mass is 10.4. The Morgan fingerprint density at radius 1 is 1.31 bits per heavy atom. The topological polar surface area (TPSA) is 44.8 Å². The van der Waals surface area contributed by atoms with Gasteiger partial charge in [-0.15, -0.1) is 0 Å². The molecule has 0 fully saturated rings. The molecule has 0 unspecified atom stereocenters. The molecule has 0 aromatic rings. The summed E-state index contributed by atoms with van der Waals surface area (Å²) in [6.45, 7) is 9.68. The molecule has 0 aliphatic heterocycles. The van der Waals surface area contributed by atoms with E-state index in [1.165, 1.54) is 0 Å². The maximum absolute atomic E-state index is 11.0. The second-order valence-corrected chi connectivity index (χ2v) is 4.96. The molecule has 0 saturated heterocycles. The van der Waals surface area contributed by atoms with Crippen molar-refractivity contribution in [2.45, 2.75) is 26.3 Å². The zero-order valence-electron chi connectivity index (χ0n) is 10.3. The fraction of sp³-hybridized carbons (Fsp3) is 0.727. The number of ether oxygens (including phenoxy) is 2. The molecular formula is C11H22O4Si. The van der Waals surface area contributed by atoms with Gasteiger partial charge in [0.2, 0.25) is 0 Å². The van der Waals surface area contributed by atoms with E-state index in [0.717, 1.165) is 19.1 Å². The molecule has 0 heterocycles. The van der Waals surface area contributed by atoms with E-state index in [2.05, 4.69) is 6.58 Å². The van der Waals surface area contributed by atoms with Gasteiger partial charge in [0.25, 0.3) is 0 Å². The smallest absolute Gasteiger partial charge is 0.333 e. The van der Waals surface area contributed by atoms with Crippen LogP contribution in [0.15, 0.2) is 12.2 Å². The molecule has 0 spiro atoms. The average molecular weight is 246 g/mol. The molecule has 0 aromatic carbocycles. The highest BCUT2D eigenvalue weighted by Gasteiger charge is 2.01. The van der Waals surface area contributed by atoms with Gasteiger partial charge in [-0.2, -0.15) is 0 Å². The van der Waals surface area contributed by atoms with Crippen LogP contribution >= 0.6 is 0 Å². The van der Waals surface area contributed by atoms with E-state index in [4.69, 9.17) is 13.9 Å². The molecule has 0 atom stereocenters. The van der Waals surface area contributed by atoms with E-state index in [9.17, 15) is 4.79 Å². The highest BCUT2D eigenvalue weighted by molar-refractivity contribution is 6.26. The van der Waals surface area contributed by atoms with Crippen LogP contribution in [0.3, 0.4) is 0 Å². The van der Waals surface area contributed by atoms with Crippen molar-refractivity contribution in [3.8, 4) is 0 Å². The summed E-state index contributed by atoms with van der Waals surface area (Å²) in [5.41, 5.74) is 0.449. The molecular weight excluding hydrogens is 224 g/mol. The third-order valence-electron chi connectivity index (χ3n) is 1.84. The van der Waals surface area contributed by atoms with Crippen LogP contribution in [0.25, 0.3) is 0 Å². The second-order valence-electron chi connectivity index (χ2n) is 3.43. The molecule has 0 rings (SSSR count). The fourth-order valence-electron chi connectivity index (χ4n) is 0.959. The van der Waals surface area contributed by atoms with E-state index in [-0.39, 0.29) is 5.97 Å². The van der Waals surface area contributed by atoms with Crippen molar-refractivity contribution < 1.29 is 18.7 Å². The van der Waals surface area contributed by atoms with Gasteiger partial charge in [-0.1, -0.05) is 6.58 Å². The third kappa shape index (κ3) is 9.89. The third-order valence-corrected chi connectivity index (χ3v) is 3.21. The Morgan fingerprint density at radius 3 is 2.69 bits per heavy atom. The minimum absolute atomic E-state index is 0.307. The standard InChI is InChI=1S/C11H22O4Si/c1-4-13-7-8-15-16-9-5-6-14-11(12)10(2)3/h2,4-9,16H2,1,3H3. The van der Waals surface area contributed by atoms with E-state index < -0.39 is 9.76 Å². The summed E-state index contributed by atoms with van der Waals surface area (Å²) in [6, 6.07) is 1.02. The first-order valence-electron chi connectivity index (χ1n) is 5.66. The van der Waals surface area contributed by atoms with Crippen molar-refractivity contribution >= 4 is 15.7 Å². The van der Waals surface area contributed by atoms with Crippen molar-refractivity contribution in [2.75, 3.05) is 26.4 Å². The number of hydrogen-bond acceptors (Lipinski definition) is 4. The molecule has 16 heavy (non-hydrogen) atoms. The van der Waals surface area contributed by atoms with E-state index in [0.29, 0.717) is 25.4 Å². The maximum atomic E-state index is 11.0. The van der Waals surface area contributed by atoms with Gasteiger partial charge < -0.3 is 13.9 Å². The van der Waals surface area contributed by atoms with Crippen LogP contribution in [0.2, 0.25) is 6.04 Å². The molecule has 4 nitrogen and oxygen atoms in total. The minimum Gasteiger partial charge on any atom is -0.462 e. The fourth-order valence-corrected chi connectivity index (χ4v) is 1.89. The van der Waals surface area contributed by atoms with Crippen LogP contribution in [0.1, 0.15) is 20.3 Å². The molecule has 0 aliphatic rings. The van der Waals surface area contributed by atoms with Crippen LogP contribution in [-0.4, -0.2) is 42.2 Å². The van der Waals surface area contributed by atoms with Gasteiger partial charge in [0, 0.05) is 12.2 Å². The largest absolute Gasteiger partial charge is 0.462 e. The van der Waals surface area contributed by atoms with Gasteiger partial charge in [-0.3, -0.25) is 0 Å². The minimum atomic E-state index is -0.475. The zero-order chi connectivity index (χ0) is 12.2. The quantitative estimate of drug-likeness (QED) is 0.250. The lowest BCUT2D eigenvalue weighted by molar-refractivity contribution is -0.138. The summed E-state index contributed by atoms with van der Waals surface area (Å²) < 4.78 is 15.5. The number of hydrogen-bond donors (Lipinski definition) is 0. The summed E-state index contributed by atoms with van der Waals surface area (Å²) in [6.07, 6.45) is 0.875. The van der Waals surface area contributed by atoms with Gasteiger partial charge in [-0.25, -0.2) is 4.79 Å². The van der Waals surface area contributed by atoms with E-state index in [1.807, 2.05) is 6.92 Å². The zero-order valence-corrected chi connectivity index (χ0v) is 11.7. The molecule has 0 saturated carbocycles. The Kier molecular flexibility index (Phi) is 10.4. The van der Waals surface area contributed by atoms with Crippen molar-refractivity contribution in [1.82, 2.24) is 0 Å². The Labute approximate surface area is 99.9 Å². The molecule has 0 amide bonds. The number of rotatable bonds is 10. The van der Waals surface area contributed by atoms with Crippen molar-refractivity contribution in [3.63, 3.8) is 0 Å². The maximum Gasteiger partial charge on any atom is 0.333 e. The van der Waals surface area contributed by atoms with E-state index in [1.54, 1.807) is 6.92 Å². The molecule has 0 aromatic heterocycles. The molecule has 5 heteroatoms. The summed E-state index contributed by atoms with van der Waals surface area (Å²) in [7, 11) is -0.475. The number of carbonyl (C=O) groups excluding carboxylic acids is 1. The molecule has 0 bridgehead atoms. The predicted molar refractivity (Wildman–Crippen MR) is 66.2 cm³/mol. The van der Waals surface area contributed by atoms with Crippen LogP contribution in [0.4, 0.5) is 0 Å². The van der Waals surface area contributed by atoms with Crippen LogP contribution in [0.5, 0.6) is 0 Å². The van der Waals surface area contributed by atoms with Gasteiger partial charge in [0.15, 0.2) is 9.76 Å². The Hall–Kier alpha value is -0.653. The average Bonchev–Trinajstić information content (AvgIpc) is 2.26. The predicted octanol–water partition coefficient (Wildman–Crippen LogP) is 1.05. The Bertz CT molecular complexity index is 206. The van der Waals surface area contributed by atoms with Gasteiger partial charge in [0.1, 0.15) is 0 Å². The molecule has 94 valence electrons. The summed E-state index contributed by atoms with van der Waals surface area (Å²) >= 11 is 0. The SMILES string of the molecule is C=C(C)C(=O)OCCC[SiH2]OCCOCC. The van der Waals surface area contributed by atoms with Crippen molar-refractivity contribution in [1.29, 1.82) is 0 Å². The van der Waals surface area contributed by atoms with Crippen molar-refractivity contribution in [2.24, 2.45) is 0 Å². The Balaban J connectivity index is 3.10.